The molecule has 0 fully saturated rings. The van der Waals surface area contributed by atoms with E-state index in [1.165, 1.54) is 6.07 Å². The van der Waals surface area contributed by atoms with Gasteiger partial charge in [0, 0.05) is 8.90 Å². The van der Waals surface area contributed by atoms with Crippen molar-refractivity contribution in [2.75, 3.05) is 6.61 Å². The van der Waals surface area contributed by atoms with Crippen molar-refractivity contribution in [2.45, 2.75) is 18.7 Å². The summed E-state index contributed by atoms with van der Waals surface area (Å²) in [6.45, 7) is 1.73. The van der Waals surface area contributed by atoms with Crippen molar-refractivity contribution in [3.63, 3.8) is 0 Å². The lowest BCUT2D eigenvalue weighted by atomic mass is 10.2. The lowest BCUT2D eigenvalue weighted by molar-refractivity contribution is 0.0507. The van der Waals surface area contributed by atoms with Crippen LogP contribution < -0.4 is 0 Å². The second-order valence-corrected chi connectivity index (χ2v) is 4.73. The van der Waals surface area contributed by atoms with Gasteiger partial charge in [0.1, 0.15) is 0 Å². The van der Waals surface area contributed by atoms with E-state index in [-0.39, 0.29) is 12.3 Å². The SMILES string of the molecule is CCOC(=O)c1nc(CBr)c(I)cc1C(F)F. The first-order valence-electron chi connectivity index (χ1n) is 4.71. The number of pyridine rings is 1. The summed E-state index contributed by atoms with van der Waals surface area (Å²) in [7, 11) is 0. The first-order valence-corrected chi connectivity index (χ1v) is 6.91. The zero-order valence-corrected chi connectivity index (χ0v) is 12.6. The normalized spacial score (nSPS) is 10.7. The van der Waals surface area contributed by atoms with Gasteiger partial charge in [-0.25, -0.2) is 18.6 Å². The molecular formula is C10H9BrF2INO2. The fourth-order valence-corrected chi connectivity index (χ4v) is 2.76. The van der Waals surface area contributed by atoms with E-state index in [1.54, 1.807) is 6.92 Å². The summed E-state index contributed by atoms with van der Waals surface area (Å²) in [5, 5.41) is 0.390. The molecule has 0 aromatic carbocycles. The average Bonchev–Trinajstić information content (AvgIpc) is 2.28. The molecule has 0 aliphatic heterocycles. The van der Waals surface area contributed by atoms with Crippen molar-refractivity contribution < 1.29 is 18.3 Å². The van der Waals surface area contributed by atoms with Crippen molar-refractivity contribution in [3.8, 4) is 0 Å². The number of alkyl halides is 3. The van der Waals surface area contributed by atoms with Gasteiger partial charge in [0.2, 0.25) is 0 Å². The molecule has 0 bridgehead atoms. The molecule has 0 saturated heterocycles. The predicted molar refractivity (Wildman–Crippen MR) is 70.5 cm³/mol. The maximum Gasteiger partial charge on any atom is 0.357 e. The van der Waals surface area contributed by atoms with E-state index in [2.05, 4.69) is 20.9 Å². The number of esters is 1. The van der Waals surface area contributed by atoms with Gasteiger partial charge in [-0.2, -0.15) is 0 Å². The van der Waals surface area contributed by atoms with E-state index in [0.29, 0.717) is 14.6 Å². The molecule has 0 aliphatic rings. The van der Waals surface area contributed by atoms with Gasteiger partial charge >= 0.3 is 5.97 Å². The van der Waals surface area contributed by atoms with Crippen molar-refractivity contribution in [3.05, 3.63) is 26.6 Å². The van der Waals surface area contributed by atoms with Crippen LogP contribution in [0.25, 0.3) is 0 Å². The van der Waals surface area contributed by atoms with Gasteiger partial charge in [0.25, 0.3) is 6.43 Å². The van der Waals surface area contributed by atoms with Crippen LogP contribution in [0.1, 0.15) is 35.1 Å². The number of aromatic nitrogens is 1. The summed E-state index contributed by atoms with van der Waals surface area (Å²) in [6, 6.07) is 1.26. The predicted octanol–water partition coefficient (Wildman–Crippen LogP) is 3.70. The molecule has 1 rings (SSSR count). The number of carbonyl (C=O) groups excluding carboxylic acids is 1. The van der Waals surface area contributed by atoms with Crippen molar-refractivity contribution in [1.82, 2.24) is 4.98 Å². The molecule has 0 unspecified atom stereocenters. The van der Waals surface area contributed by atoms with Crippen LogP contribution in [-0.4, -0.2) is 17.6 Å². The molecule has 1 aromatic heterocycles. The Labute approximate surface area is 119 Å². The molecule has 7 heteroatoms. The number of hydrogen-bond donors (Lipinski definition) is 0. The fourth-order valence-electron chi connectivity index (χ4n) is 1.16. The Morgan fingerprint density at radius 2 is 2.29 bits per heavy atom. The third kappa shape index (κ3) is 3.57. The van der Waals surface area contributed by atoms with Gasteiger partial charge in [-0.05, 0) is 35.6 Å². The first-order chi connectivity index (χ1) is 8.01. The van der Waals surface area contributed by atoms with Crippen molar-refractivity contribution >= 4 is 44.5 Å². The Balaban J connectivity index is 3.28. The summed E-state index contributed by atoms with van der Waals surface area (Å²) >= 11 is 5.09. The number of carbonyl (C=O) groups is 1. The zero-order chi connectivity index (χ0) is 13.0. The molecule has 0 aliphatic carbocycles. The lowest BCUT2D eigenvalue weighted by Gasteiger charge is -2.10. The third-order valence-corrected chi connectivity index (χ3v) is 3.37. The summed E-state index contributed by atoms with van der Waals surface area (Å²) in [6.07, 6.45) is -2.75. The van der Waals surface area contributed by atoms with Crippen molar-refractivity contribution in [2.24, 2.45) is 0 Å². The molecule has 0 spiro atoms. The van der Waals surface area contributed by atoms with Gasteiger partial charge in [-0.1, -0.05) is 15.9 Å². The zero-order valence-electron chi connectivity index (χ0n) is 8.84. The maximum atomic E-state index is 12.8. The summed E-state index contributed by atoms with van der Waals surface area (Å²) in [5.41, 5.74) is -0.160. The summed E-state index contributed by atoms with van der Waals surface area (Å²) in [4.78, 5) is 15.4. The highest BCUT2D eigenvalue weighted by molar-refractivity contribution is 14.1. The number of ether oxygens (including phenoxy) is 1. The number of hydrogen-bond acceptors (Lipinski definition) is 3. The van der Waals surface area contributed by atoms with E-state index in [1.807, 2.05) is 22.6 Å². The summed E-state index contributed by atoms with van der Waals surface area (Å²) < 4.78 is 30.9. The quantitative estimate of drug-likeness (QED) is 0.424. The van der Waals surface area contributed by atoms with Crippen LogP contribution >= 0.6 is 38.5 Å². The van der Waals surface area contributed by atoms with Crippen LogP contribution in [0.15, 0.2) is 6.07 Å². The molecule has 0 saturated carbocycles. The molecule has 17 heavy (non-hydrogen) atoms. The highest BCUT2D eigenvalue weighted by Crippen LogP contribution is 2.26. The highest BCUT2D eigenvalue weighted by Gasteiger charge is 2.23. The van der Waals surface area contributed by atoms with Gasteiger partial charge in [0.05, 0.1) is 17.9 Å². The molecule has 0 atom stereocenters. The largest absolute Gasteiger partial charge is 0.461 e. The Hall–Kier alpha value is -0.310. The second kappa shape index (κ2) is 6.58. The van der Waals surface area contributed by atoms with Crippen LogP contribution in [0.3, 0.4) is 0 Å². The minimum atomic E-state index is -2.75. The summed E-state index contributed by atoms with van der Waals surface area (Å²) in [5.74, 6) is -0.818. The lowest BCUT2D eigenvalue weighted by Crippen LogP contribution is -2.13. The van der Waals surface area contributed by atoms with E-state index in [9.17, 15) is 13.6 Å². The van der Waals surface area contributed by atoms with E-state index < -0.39 is 18.0 Å². The smallest absolute Gasteiger partial charge is 0.357 e. The van der Waals surface area contributed by atoms with Gasteiger partial charge in [0.15, 0.2) is 5.69 Å². The Kier molecular flexibility index (Phi) is 5.71. The van der Waals surface area contributed by atoms with Crippen molar-refractivity contribution in [1.29, 1.82) is 0 Å². The molecule has 0 radical (unpaired) electrons. The molecular weight excluding hydrogens is 411 g/mol. The number of halogens is 4. The minimum absolute atomic E-state index is 0.124. The number of rotatable bonds is 4. The molecule has 3 nitrogen and oxygen atoms in total. The van der Waals surface area contributed by atoms with E-state index >= 15 is 0 Å². The molecule has 1 heterocycles. The number of nitrogens with zero attached hydrogens (tertiary/aromatic N) is 1. The van der Waals surface area contributed by atoms with Gasteiger partial charge in [-0.3, -0.25) is 0 Å². The maximum absolute atomic E-state index is 12.8. The van der Waals surface area contributed by atoms with Gasteiger partial charge in [-0.15, -0.1) is 0 Å². The Morgan fingerprint density at radius 1 is 1.65 bits per heavy atom. The van der Waals surface area contributed by atoms with Crippen LogP contribution in [0.4, 0.5) is 8.78 Å². The topological polar surface area (TPSA) is 39.2 Å². The molecule has 1 aromatic rings. The third-order valence-electron chi connectivity index (χ3n) is 1.91. The highest BCUT2D eigenvalue weighted by atomic mass is 127. The Morgan fingerprint density at radius 3 is 2.76 bits per heavy atom. The van der Waals surface area contributed by atoms with Crippen LogP contribution in [0.2, 0.25) is 0 Å². The minimum Gasteiger partial charge on any atom is -0.461 e. The monoisotopic (exact) mass is 419 g/mol. The molecule has 0 N–H and O–H groups in total. The standard InChI is InChI=1S/C10H9BrF2INO2/c1-2-17-10(16)8-5(9(12)13)3-6(14)7(4-11)15-8/h3,9H,2,4H2,1H3. The second-order valence-electron chi connectivity index (χ2n) is 3.01. The van der Waals surface area contributed by atoms with Crippen LogP contribution in [0.5, 0.6) is 0 Å². The average molecular weight is 420 g/mol. The fraction of sp³-hybridized carbons (Fsp3) is 0.400. The van der Waals surface area contributed by atoms with Crippen LogP contribution in [0, 0.1) is 3.57 Å². The first kappa shape index (κ1) is 14.7. The molecule has 94 valence electrons. The van der Waals surface area contributed by atoms with Crippen LogP contribution in [-0.2, 0) is 10.1 Å². The molecule has 0 amide bonds. The Bertz CT molecular complexity index is 429. The van der Waals surface area contributed by atoms with E-state index in [0.717, 1.165) is 0 Å². The van der Waals surface area contributed by atoms with Gasteiger partial charge < -0.3 is 4.74 Å². The van der Waals surface area contributed by atoms with E-state index in [4.69, 9.17) is 4.74 Å².